The fraction of sp³-hybridized carbons (Fsp3) is 0.517. The maximum absolute atomic E-state index is 13.5. The first-order valence-corrected chi connectivity index (χ1v) is 13.6. The summed E-state index contributed by atoms with van der Waals surface area (Å²) in [5.74, 6) is 0.446. The van der Waals surface area contributed by atoms with Gasteiger partial charge in [-0.25, -0.2) is 9.37 Å². The number of piperidine rings is 1. The van der Waals surface area contributed by atoms with Crippen molar-refractivity contribution in [1.82, 2.24) is 19.8 Å². The van der Waals surface area contributed by atoms with Crippen LogP contribution in [0.3, 0.4) is 0 Å². The van der Waals surface area contributed by atoms with Crippen molar-refractivity contribution >= 4 is 5.91 Å². The summed E-state index contributed by atoms with van der Waals surface area (Å²) < 4.78 is 21.8. The first-order valence-electron chi connectivity index (χ1n) is 13.6. The van der Waals surface area contributed by atoms with Crippen LogP contribution in [-0.4, -0.2) is 46.0 Å². The highest BCUT2D eigenvalue weighted by molar-refractivity contribution is 5.92. The highest BCUT2D eigenvalue weighted by Crippen LogP contribution is 2.39. The molecule has 0 bridgehead atoms. The number of aromatic nitrogens is 2. The Morgan fingerprint density at radius 1 is 1.08 bits per heavy atom. The molecule has 7 heteroatoms. The highest BCUT2D eigenvalue weighted by atomic mass is 19.1. The number of benzene rings is 1. The third-order valence-electron chi connectivity index (χ3n) is 7.82. The lowest BCUT2D eigenvalue weighted by Crippen LogP contribution is -2.40. The van der Waals surface area contributed by atoms with Gasteiger partial charge in [0.2, 0.25) is 0 Å². The van der Waals surface area contributed by atoms with Crippen molar-refractivity contribution < 1.29 is 13.6 Å². The van der Waals surface area contributed by atoms with Crippen LogP contribution in [0.25, 0.3) is 22.7 Å². The Bertz CT molecular complexity index is 1150. The lowest BCUT2D eigenvalue weighted by atomic mass is 10.00. The Hall–Kier alpha value is -2.93. The molecule has 1 aliphatic heterocycles. The number of amides is 1. The van der Waals surface area contributed by atoms with Crippen LogP contribution in [0, 0.1) is 5.82 Å². The van der Waals surface area contributed by atoms with Crippen LogP contribution in [0.2, 0.25) is 0 Å². The topological polar surface area (TPSA) is 63.3 Å². The van der Waals surface area contributed by atoms with Gasteiger partial charge in [-0.05, 0) is 81.5 Å². The lowest BCUT2D eigenvalue weighted by molar-refractivity contribution is 0.0920. The van der Waals surface area contributed by atoms with Crippen molar-refractivity contribution in [3.05, 3.63) is 54.3 Å². The van der Waals surface area contributed by atoms with Gasteiger partial charge in [0, 0.05) is 30.7 Å². The molecular formula is C29H37FN4O2. The summed E-state index contributed by atoms with van der Waals surface area (Å²) in [5, 5.41) is 3.03. The first-order chi connectivity index (χ1) is 17.6. The fourth-order valence-corrected chi connectivity index (χ4v) is 5.86. The molecule has 3 heterocycles. The zero-order chi connectivity index (χ0) is 24.9. The molecule has 1 atom stereocenters. The summed E-state index contributed by atoms with van der Waals surface area (Å²) in [4.78, 5) is 20.1. The van der Waals surface area contributed by atoms with Gasteiger partial charge in [0.25, 0.3) is 5.91 Å². The second-order valence-electron chi connectivity index (χ2n) is 10.2. The summed E-state index contributed by atoms with van der Waals surface area (Å²) >= 11 is 0. The van der Waals surface area contributed by atoms with E-state index in [1.54, 1.807) is 18.2 Å². The minimum absolute atomic E-state index is 0.192. The lowest BCUT2D eigenvalue weighted by Gasteiger charge is -2.35. The number of rotatable bonds is 9. The van der Waals surface area contributed by atoms with Crippen LogP contribution >= 0.6 is 0 Å². The molecule has 2 aromatic heterocycles. The second kappa shape index (κ2) is 11.4. The van der Waals surface area contributed by atoms with Gasteiger partial charge < -0.3 is 19.2 Å². The summed E-state index contributed by atoms with van der Waals surface area (Å²) in [7, 11) is 0. The van der Waals surface area contributed by atoms with Crippen LogP contribution in [0.15, 0.2) is 47.1 Å². The monoisotopic (exact) mass is 492 g/mol. The van der Waals surface area contributed by atoms with E-state index in [4.69, 9.17) is 4.42 Å². The number of imidazole rings is 1. The average molecular weight is 493 g/mol. The van der Waals surface area contributed by atoms with Gasteiger partial charge in [0.15, 0.2) is 11.5 Å². The van der Waals surface area contributed by atoms with Gasteiger partial charge in [-0.1, -0.05) is 26.2 Å². The summed E-state index contributed by atoms with van der Waals surface area (Å²) in [6.07, 6.45) is 12.4. The van der Waals surface area contributed by atoms with Crippen molar-refractivity contribution in [3.8, 4) is 22.7 Å². The molecule has 0 spiro atoms. The number of nitrogens with one attached hydrogen (secondary N) is 1. The Labute approximate surface area is 212 Å². The highest BCUT2D eigenvalue weighted by Gasteiger charge is 2.26. The number of likely N-dealkylation sites (tertiary alicyclic amines) is 1. The van der Waals surface area contributed by atoms with Crippen LogP contribution in [-0.2, 0) is 0 Å². The summed E-state index contributed by atoms with van der Waals surface area (Å²) in [6, 6.07) is 11.0. The van der Waals surface area contributed by atoms with Gasteiger partial charge >= 0.3 is 0 Å². The molecule has 1 saturated carbocycles. The minimum atomic E-state index is -0.280. The Kier molecular flexibility index (Phi) is 7.85. The molecule has 1 N–H and O–H groups in total. The Morgan fingerprint density at radius 3 is 2.64 bits per heavy atom. The van der Waals surface area contributed by atoms with E-state index in [2.05, 4.69) is 26.7 Å². The van der Waals surface area contributed by atoms with Crippen LogP contribution in [0.5, 0.6) is 0 Å². The zero-order valence-corrected chi connectivity index (χ0v) is 21.2. The van der Waals surface area contributed by atoms with Gasteiger partial charge in [-0.2, -0.15) is 0 Å². The predicted molar refractivity (Wildman–Crippen MR) is 139 cm³/mol. The third-order valence-corrected chi connectivity index (χ3v) is 7.82. The molecule has 5 rings (SSSR count). The number of furan rings is 1. The van der Waals surface area contributed by atoms with Crippen molar-refractivity contribution in [2.75, 3.05) is 19.6 Å². The molecule has 2 aliphatic rings. The standard InChI is InChI=1S/C29H37FN4O2/c1-2-23-8-5-6-18-33(23)19-7-17-31-29(35)26-16-15-25(36-26)28-27(21-11-13-22(30)14-12-21)32-20-34(28)24-9-3-4-10-24/h11-16,20,23-24H,2-10,17-19H2,1H3,(H,31,35). The minimum Gasteiger partial charge on any atom is -0.449 e. The SMILES string of the molecule is CCC1CCCCN1CCCNC(=O)c1ccc(-c2c(-c3ccc(F)cc3)ncn2C2CCCC2)o1. The molecule has 1 aromatic carbocycles. The molecule has 3 aromatic rings. The number of carbonyl (C=O) groups is 1. The molecule has 192 valence electrons. The summed E-state index contributed by atoms with van der Waals surface area (Å²) in [6.45, 7) is 5.07. The first kappa shape index (κ1) is 24.8. The average Bonchev–Trinajstić information content (AvgIpc) is 3.67. The van der Waals surface area contributed by atoms with Gasteiger partial charge in [-0.3, -0.25) is 4.79 Å². The summed E-state index contributed by atoms with van der Waals surface area (Å²) in [5.41, 5.74) is 2.42. The van der Waals surface area contributed by atoms with E-state index < -0.39 is 0 Å². The quantitative estimate of drug-likeness (QED) is 0.349. The van der Waals surface area contributed by atoms with E-state index in [0.717, 1.165) is 42.8 Å². The zero-order valence-electron chi connectivity index (χ0n) is 21.2. The maximum atomic E-state index is 13.5. The van der Waals surface area contributed by atoms with Crippen LogP contribution in [0.4, 0.5) is 4.39 Å². The molecule has 6 nitrogen and oxygen atoms in total. The molecule has 36 heavy (non-hydrogen) atoms. The molecule has 2 fully saturated rings. The van der Waals surface area contributed by atoms with Gasteiger partial charge in [-0.15, -0.1) is 0 Å². The van der Waals surface area contributed by atoms with Gasteiger partial charge in [0.1, 0.15) is 11.5 Å². The third kappa shape index (κ3) is 5.41. The second-order valence-corrected chi connectivity index (χ2v) is 10.2. The van der Waals surface area contributed by atoms with E-state index in [-0.39, 0.29) is 11.7 Å². The van der Waals surface area contributed by atoms with Crippen molar-refractivity contribution in [1.29, 1.82) is 0 Å². The normalized spacial score (nSPS) is 19.1. The Morgan fingerprint density at radius 2 is 1.86 bits per heavy atom. The molecule has 1 amide bonds. The smallest absolute Gasteiger partial charge is 0.287 e. The van der Waals surface area contributed by atoms with E-state index in [9.17, 15) is 9.18 Å². The van der Waals surface area contributed by atoms with Crippen molar-refractivity contribution in [2.45, 2.75) is 76.8 Å². The Balaban J connectivity index is 1.28. The van der Waals surface area contributed by atoms with E-state index >= 15 is 0 Å². The molecule has 1 unspecified atom stereocenters. The molecular weight excluding hydrogens is 455 g/mol. The molecule has 1 saturated heterocycles. The van der Waals surface area contributed by atoms with E-state index in [1.807, 2.05) is 12.4 Å². The van der Waals surface area contributed by atoms with Crippen molar-refractivity contribution in [3.63, 3.8) is 0 Å². The number of nitrogens with zero attached hydrogens (tertiary/aromatic N) is 3. The largest absolute Gasteiger partial charge is 0.449 e. The fourth-order valence-electron chi connectivity index (χ4n) is 5.86. The number of hydrogen-bond donors (Lipinski definition) is 1. The van der Waals surface area contributed by atoms with E-state index in [1.165, 1.54) is 57.2 Å². The maximum Gasteiger partial charge on any atom is 0.287 e. The van der Waals surface area contributed by atoms with E-state index in [0.29, 0.717) is 30.1 Å². The molecule has 1 aliphatic carbocycles. The van der Waals surface area contributed by atoms with Crippen LogP contribution in [0.1, 0.15) is 81.3 Å². The number of halogens is 1. The van der Waals surface area contributed by atoms with Crippen LogP contribution < -0.4 is 5.32 Å². The van der Waals surface area contributed by atoms with Gasteiger partial charge in [0.05, 0.1) is 12.0 Å². The number of carbonyl (C=O) groups excluding carboxylic acids is 1. The predicted octanol–water partition coefficient (Wildman–Crippen LogP) is 6.45. The molecule has 0 radical (unpaired) electrons. The number of hydrogen-bond acceptors (Lipinski definition) is 4. The van der Waals surface area contributed by atoms with Crippen molar-refractivity contribution in [2.24, 2.45) is 0 Å².